The summed E-state index contributed by atoms with van der Waals surface area (Å²) in [7, 11) is 0. The van der Waals surface area contributed by atoms with Crippen LogP contribution in [0.5, 0.6) is 17.2 Å². The van der Waals surface area contributed by atoms with Gasteiger partial charge < -0.3 is 19.3 Å². The Bertz CT molecular complexity index is 1750. The first-order valence-corrected chi connectivity index (χ1v) is 12.5. The van der Waals surface area contributed by atoms with Crippen molar-refractivity contribution in [2.24, 2.45) is 0 Å². The molecule has 39 heavy (non-hydrogen) atoms. The van der Waals surface area contributed by atoms with Gasteiger partial charge in [0.1, 0.15) is 36.0 Å². The number of carbonyl (C=O) groups is 1. The number of H-pyrrole nitrogens is 1. The smallest absolute Gasteiger partial charge is 0.199 e. The zero-order valence-electron chi connectivity index (χ0n) is 20.3. The molecule has 198 valence electrons. The fraction of sp³-hybridized carbons (Fsp3) is 0.143. The predicted octanol–water partition coefficient (Wildman–Crippen LogP) is 7.06. The quantitative estimate of drug-likeness (QED) is 0.173. The Morgan fingerprint density at radius 2 is 2.03 bits per heavy atom. The van der Waals surface area contributed by atoms with Crippen LogP contribution in [0.2, 0.25) is 0 Å². The van der Waals surface area contributed by atoms with Gasteiger partial charge in [-0.2, -0.15) is 0 Å². The Morgan fingerprint density at radius 1 is 1.18 bits per heavy atom. The van der Waals surface area contributed by atoms with Crippen molar-refractivity contribution in [2.75, 3.05) is 6.61 Å². The molecule has 0 amide bonds. The van der Waals surface area contributed by atoms with E-state index >= 15 is 4.39 Å². The topological polar surface area (TPSA) is 69.1 Å². The molecule has 1 N–H and O–H groups in total. The number of rotatable bonds is 7. The largest absolute Gasteiger partial charge is 0.492 e. The van der Waals surface area contributed by atoms with Gasteiger partial charge in [0.2, 0.25) is 0 Å². The summed E-state index contributed by atoms with van der Waals surface area (Å²) in [4.78, 5) is 18.6. The second kappa shape index (κ2) is 9.49. The van der Waals surface area contributed by atoms with Gasteiger partial charge in [-0.25, -0.2) is 18.2 Å². The molecule has 5 aromatic rings. The molecule has 3 aromatic carbocycles. The maximum absolute atomic E-state index is 15.1. The van der Waals surface area contributed by atoms with Gasteiger partial charge in [-0.3, -0.25) is 3.97 Å². The molecule has 0 fully saturated rings. The first-order chi connectivity index (χ1) is 18.8. The number of carbonyl (C=O) groups excluding carboxylic acids is 1. The first-order valence-electron chi connectivity index (χ1n) is 11.8. The highest BCUT2D eigenvalue weighted by molar-refractivity contribution is 7.92. The van der Waals surface area contributed by atoms with Crippen LogP contribution in [0.3, 0.4) is 0 Å². The number of aromatic nitrogens is 3. The zero-order valence-corrected chi connectivity index (χ0v) is 21.1. The number of nitrogens with one attached hydrogen (secondary N) is 1. The molecule has 0 radical (unpaired) electrons. The Labute approximate surface area is 224 Å². The van der Waals surface area contributed by atoms with Crippen LogP contribution in [-0.4, -0.2) is 26.8 Å². The lowest BCUT2D eigenvalue weighted by molar-refractivity contribution is -0.107. The second-order valence-electron chi connectivity index (χ2n) is 9.32. The monoisotopic (exact) mass is 553 g/mol. The van der Waals surface area contributed by atoms with Crippen molar-refractivity contribution in [1.29, 1.82) is 0 Å². The molecule has 2 aromatic heterocycles. The number of benzene rings is 3. The Balaban J connectivity index is 1.34. The summed E-state index contributed by atoms with van der Waals surface area (Å²) < 4.78 is 70.1. The predicted molar refractivity (Wildman–Crippen MR) is 138 cm³/mol. The summed E-state index contributed by atoms with van der Waals surface area (Å²) >= 11 is -0.188. The maximum Gasteiger partial charge on any atom is 0.199 e. The third-order valence-corrected chi connectivity index (χ3v) is 7.43. The molecule has 1 aliphatic heterocycles. The van der Waals surface area contributed by atoms with Gasteiger partial charge in [0, 0.05) is 47.1 Å². The lowest BCUT2D eigenvalue weighted by Crippen LogP contribution is -2.25. The van der Waals surface area contributed by atoms with E-state index in [4.69, 9.17) is 9.47 Å². The molecular weight excluding hydrogens is 534 g/mol. The second-order valence-corrected chi connectivity index (χ2v) is 9.85. The molecule has 3 heterocycles. The average molecular weight is 554 g/mol. The number of nitrogens with zero attached hydrogens (tertiary/aromatic N) is 2. The lowest BCUT2D eigenvalue weighted by Gasteiger charge is -2.21. The van der Waals surface area contributed by atoms with Crippen LogP contribution in [0.15, 0.2) is 60.9 Å². The molecule has 11 heteroatoms. The summed E-state index contributed by atoms with van der Waals surface area (Å²) in [5.74, 6) is -2.57. The SMILES string of the molecule is CC1(c2cnc(-c3cc(Oc4c(F)cc5c(ccn5SF)c4F)ccc3F)[nH]2)COc2c(CC=O)cccc21. The summed E-state index contributed by atoms with van der Waals surface area (Å²) in [5.41, 5.74) is 1.70. The lowest BCUT2D eigenvalue weighted by atomic mass is 9.81. The van der Waals surface area contributed by atoms with Crippen LogP contribution in [0, 0.1) is 17.5 Å². The summed E-state index contributed by atoms with van der Waals surface area (Å²) in [5, 5.41) is -0.0295. The number of halogens is 4. The molecule has 1 aliphatic rings. The van der Waals surface area contributed by atoms with Gasteiger partial charge in [0.15, 0.2) is 29.7 Å². The van der Waals surface area contributed by atoms with Crippen LogP contribution >= 0.6 is 12.3 Å². The van der Waals surface area contributed by atoms with E-state index in [-0.39, 0.29) is 53.4 Å². The van der Waals surface area contributed by atoms with E-state index in [0.29, 0.717) is 11.4 Å². The van der Waals surface area contributed by atoms with Crippen LogP contribution in [0.4, 0.5) is 17.1 Å². The molecule has 0 aliphatic carbocycles. The van der Waals surface area contributed by atoms with Crippen LogP contribution in [0.1, 0.15) is 23.7 Å². The molecule has 1 unspecified atom stereocenters. The van der Waals surface area contributed by atoms with Crippen molar-refractivity contribution in [1.82, 2.24) is 13.9 Å². The molecule has 6 rings (SSSR count). The zero-order chi connectivity index (χ0) is 27.3. The minimum atomic E-state index is -1.04. The van der Waals surface area contributed by atoms with E-state index in [1.807, 2.05) is 25.1 Å². The number of fused-ring (bicyclic) bond motifs is 2. The summed E-state index contributed by atoms with van der Waals surface area (Å²) in [6.07, 6.45) is 3.88. The van der Waals surface area contributed by atoms with Crippen LogP contribution in [-0.2, 0) is 16.6 Å². The highest BCUT2D eigenvalue weighted by Gasteiger charge is 2.40. The number of para-hydroxylation sites is 1. The van der Waals surface area contributed by atoms with Crippen molar-refractivity contribution in [3.63, 3.8) is 0 Å². The summed E-state index contributed by atoms with van der Waals surface area (Å²) in [6, 6.07) is 11.5. The van der Waals surface area contributed by atoms with E-state index < -0.39 is 28.6 Å². The third kappa shape index (κ3) is 4.04. The molecule has 1 atom stereocenters. The number of ether oxygens (including phenoxy) is 2. The minimum Gasteiger partial charge on any atom is -0.492 e. The van der Waals surface area contributed by atoms with Crippen molar-refractivity contribution in [3.8, 4) is 28.6 Å². The number of aldehydes is 1. The van der Waals surface area contributed by atoms with Crippen molar-refractivity contribution >= 4 is 29.5 Å². The fourth-order valence-electron chi connectivity index (χ4n) is 4.88. The van der Waals surface area contributed by atoms with Gasteiger partial charge in [0.05, 0.1) is 16.5 Å². The average Bonchev–Trinajstić information content (AvgIpc) is 3.66. The number of aromatic amines is 1. The standard InChI is InChI=1S/C28H19F4N3O3S/c1-28(14-37-25-15(8-10-36)3-2-4-19(25)28)23-13-33-27(34-23)18-11-16(5-6-20(18)29)38-26-21(30)12-22-17(24(26)31)7-9-35(22)39-32/h2-7,9-13H,8,14H2,1H3,(H,33,34). The highest BCUT2D eigenvalue weighted by Crippen LogP contribution is 2.45. The van der Waals surface area contributed by atoms with Crippen molar-refractivity contribution in [3.05, 3.63) is 95.2 Å². The molecule has 6 nitrogen and oxygen atoms in total. The number of imidazole rings is 1. The Hall–Kier alpha value is -4.25. The van der Waals surface area contributed by atoms with E-state index in [2.05, 4.69) is 9.97 Å². The molecule has 0 bridgehead atoms. The van der Waals surface area contributed by atoms with Gasteiger partial charge in [0.25, 0.3) is 0 Å². The van der Waals surface area contributed by atoms with Gasteiger partial charge in [-0.1, -0.05) is 18.2 Å². The third-order valence-electron chi connectivity index (χ3n) is 6.96. The van der Waals surface area contributed by atoms with E-state index in [9.17, 15) is 17.5 Å². The fourth-order valence-corrected chi connectivity index (χ4v) is 5.22. The Morgan fingerprint density at radius 3 is 2.82 bits per heavy atom. The molecule has 0 saturated carbocycles. The van der Waals surface area contributed by atoms with Gasteiger partial charge >= 0.3 is 0 Å². The minimum absolute atomic E-state index is 0.0111. The van der Waals surface area contributed by atoms with E-state index in [1.54, 1.807) is 6.20 Å². The van der Waals surface area contributed by atoms with Crippen molar-refractivity contribution in [2.45, 2.75) is 18.8 Å². The molecular formula is C28H19F4N3O3S. The normalized spacial score (nSPS) is 16.3. The number of hydrogen-bond donors (Lipinski definition) is 1. The first kappa shape index (κ1) is 25.1. The Kier molecular flexibility index (Phi) is 6.10. The summed E-state index contributed by atoms with van der Waals surface area (Å²) in [6.45, 7) is 2.24. The van der Waals surface area contributed by atoms with Crippen LogP contribution < -0.4 is 9.47 Å². The van der Waals surface area contributed by atoms with Crippen molar-refractivity contribution < 1.29 is 31.3 Å². The molecule has 0 saturated heterocycles. The maximum atomic E-state index is 15.1. The van der Waals surface area contributed by atoms with Gasteiger partial charge in [-0.05, 0) is 31.2 Å². The van der Waals surface area contributed by atoms with Gasteiger partial charge in [-0.15, -0.1) is 3.89 Å². The van der Waals surface area contributed by atoms with E-state index in [0.717, 1.165) is 33.5 Å². The molecule has 0 spiro atoms. The highest BCUT2D eigenvalue weighted by atomic mass is 32.2. The number of hydrogen-bond acceptors (Lipinski definition) is 5. The van der Waals surface area contributed by atoms with E-state index in [1.165, 1.54) is 24.4 Å². The van der Waals surface area contributed by atoms with Crippen LogP contribution in [0.25, 0.3) is 22.3 Å².